The first kappa shape index (κ1) is 17.3. The molecule has 3 rings (SSSR count). The Morgan fingerprint density at radius 1 is 1.12 bits per heavy atom. The van der Waals surface area contributed by atoms with Crippen LogP contribution in [-0.2, 0) is 6.54 Å². The van der Waals surface area contributed by atoms with Crippen molar-refractivity contribution >= 4 is 11.7 Å². The molecule has 0 aliphatic carbocycles. The zero-order valence-corrected chi connectivity index (χ0v) is 14.5. The summed E-state index contributed by atoms with van der Waals surface area (Å²) in [5, 5.41) is 5.53. The third-order valence-corrected chi connectivity index (χ3v) is 3.70. The van der Waals surface area contributed by atoms with Gasteiger partial charge in [0.2, 0.25) is 0 Å². The number of ether oxygens (including phenoxy) is 2. The van der Waals surface area contributed by atoms with Crippen LogP contribution in [0.4, 0.5) is 10.5 Å². The van der Waals surface area contributed by atoms with Gasteiger partial charge in [0.1, 0.15) is 5.69 Å². The van der Waals surface area contributed by atoms with Crippen LogP contribution < -0.4 is 20.1 Å². The van der Waals surface area contributed by atoms with Crippen LogP contribution in [0, 0.1) is 0 Å². The molecule has 7 heteroatoms. The molecule has 134 valence electrons. The molecule has 3 aromatic rings. The van der Waals surface area contributed by atoms with E-state index in [1.807, 2.05) is 24.3 Å². The number of amides is 2. The highest BCUT2D eigenvalue weighted by molar-refractivity contribution is 5.91. The van der Waals surface area contributed by atoms with E-state index >= 15 is 0 Å². The number of pyridine rings is 1. The average Bonchev–Trinajstić information content (AvgIpc) is 3.21. The molecule has 0 saturated heterocycles. The largest absolute Gasteiger partial charge is 0.493 e. The van der Waals surface area contributed by atoms with Gasteiger partial charge in [-0.3, -0.25) is 4.98 Å². The number of nitrogens with zero attached hydrogens (tertiary/aromatic N) is 1. The minimum atomic E-state index is -0.355. The predicted molar refractivity (Wildman–Crippen MR) is 97.3 cm³/mol. The molecule has 1 aromatic carbocycles. The summed E-state index contributed by atoms with van der Waals surface area (Å²) < 4.78 is 15.8. The van der Waals surface area contributed by atoms with Crippen LogP contribution in [0.3, 0.4) is 0 Å². The molecule has 0 unspecified atom stereocenters. The Hall–Kier alpha value is -3.48. The SMILES string of the molecule is COc1cccc(NC(=O)NCc2ccc(-c3ccco3)nc2)c1OC. The van der Waals surface area contributed by atoms with E-state index in [1.54, 1.807) is 37.8 Å². The van der Waals surface area contributed by atoms with E-state index in [0.717, 1.165) is 11.3 Å². The lowest BCUT2D eigenvalue weighted by Gasteiger charge is -2.13. The average molecular weight is 353 g/mol. The molecule has 0 aliphatic rings. The van der Waals surface area contributed by atoms with Crippen molar-refractivity contribution in [3.63, 3.8) is 0 Å². The number of rotatable bonds is 6. The van der Waals surface area contributed by atoms with Crippen LogP contribution in [-0.4, -0.2) is 25.2 Å². The molecule has 0 aliphatic heterocycles. The summed E-state index contributed by atoms with van der Waals surface area (Å²) in [4.78, 5) is 16.5. The van der Waals surface area contributed by atoms with Gasteiger partial charge in [0.05, 0.1) is 26.2 Å². The molecule has 7 nitrogen and oxygen atoms in total. The number of carbonyl (C=O) groups is 1. The van der Waals surface area contributed by atoms with Gasteiger partial charge in [-0.1, -0.05) is 12.1 Å². The van der Waals surface area contributed by atoms with Crippen LogP contribution in [0.1, 0.15) is 5.56 Å². The molecular weight excluding hydrogens is 334 g/mol. The number of hydrogen-bond acceptors (Lipinski definition) is 5. The monoisotopic (exact) mass is 353 g/mol. The summed E-state index contributed by atoms with van der Waals surface area (Å²) in [6.45, 7) is 0.337. The van der Waals surface area contributed by atoms with Gasteiger partial charge in [0, 0.05) is 12.7 Å². The summed E-state index contributed by atoms with van der Waals surface area (Å²) in [6, 6.07) is 12.3. The van der Waals surface area contributed by atoms with Crippen LogP contribution >= 0.6 is 0 Å². The highest BCUT2D eigenvalue weighted by Gasteiger charge is 2.12. The maximum atomic E-state index is 12.2. The third kappa shape index (κ3) is 3.94. The first-order chi connectivity index (χ1) is 12.7. The van der Waals surface area contributed by atoms with Gasteiger partial charge in [0.25, 0.3) is 0 Å². The van der Waals surface area contributed by atoms with Gasteiger partial charge in [0.15, 0.2) is 17.3 Å². The molecule has 0 radical (unpaired) electrons. The Kier molecular flexibility index (Phi) is 5.38. The van der Waals surface area contributed by atoms with E-state index in [1.165, 1.54) is 7.11 Å². The maximum absolute atomic E-state index is 12.2. The van der Waals surface area contributed by atoms with Crippen molar-refractivity contribution < 1.29 is 18.7 Å². The minimum absolute atomic E-state index is 0.337. The zero-order valence-electron chi connectivity index (χ0n) is 14.5. The minimum Gasteiger partial charge on any atom is -0.493 e. The molecule has 0 bridgehead atoms. The molecule has 0 atom stereocenters. The maximum Gasteiger partial charge on any atom is 0.319 e. The highest BCUT2D eigenvalue weighted by atomic mass is 16.5. The normalized spacial score (nSPS) is 10.2. The molecule has 2 amide bonds. The standard InChI is InChI=1S/C19H19N3O4/c1-24-17-6-3-5-15(18(17)25-2)22-19(23)21-12-13-8-9-14(20-11-13)16-7-4-10-26-16/h3-11H,12H2,1-2H3,(H2,21,22,23). The molecule has 0 fully saturated rings. The zero-order chi connectivity index (χ0) is 18.4. The first-order valence-electron chi connectivity index (χ1n) is 7.96. The lowest BCUT2D eigenvalue weighted by Crippen LogP contribution is -2.28. The van der Waals surface area contributed by atoms with Gasteiger partial charge in [-0.2, -0.15) is 0 Å². The van der Waals surface area contributed by atoms with Gasteiger partial charge in [-0.05, 0) is 35.9 Å². The topological polar surface area (TPSA) is 85.6 Å². The molecule has 2 heterocycles. The van der Waals surface area contributed by atoms with Crippen LogP contribution in [0.5, 0.6) is 11.5 Å². The van der Waals surface area contributed by atoms with Crippen molar-refractivity contribution in [1.82, 2.24) is 10.3 Å². The second-order valence-electron chi connectivity index (χ2n) is 5.38. The summed E-state index contributed by atoms with van der Waals surface area (Å²) in [7, 11) is 3.06. The van der Waals surface area contributed by atoms with Gasteiger partial charge >= 0.3 is 6.03 Å². The number of methoxy groups -OCH3 is 2. The number of hydrogen-bond donors (Lipinski definition) is 2. The smallest absolute Gasteiger partial charge is 0.319 e. The number of nitrogens with one attached hydrogen (secondary N) is 2. The van der Waals surface area contributed by atoms with Crippen LogP contribution in [0.2, 0.25) is 0 Å². The van der Waals surface area contributed by atoms with Crippen molar-refractivity contribution in [1.29, 1.82) is 0 Å². The van der Waals surface area contributed by atoms with Crippen molar-refractivity contribution in [2.45, 2.75) is 6.54 Å². The Balaban J connectivity index is 1.59. The van der Waals surface area contributed by atoms with Gasteiger partial charge in [-0.15, -0.1) is 0 Å². The van der Waals surface area contributed by atoms with Crippen molar-refractivity contribution in [2.24, 2.45) is 0 Å². The Morgan fingerprint density at radius 3 is 2.65 bits per heavy atom. The molecule has 2 aromatic heterocycles. The van der Waals surface area contributed by atoms with E-state index in [4.69, 9.17) is 13.9 Å². The van der Waals surface area contributed by atoms with Crippen LogP contribution in [0.25, 0.3) is 11.5 Å². The molecular formula is C19H19N3O4. The van der Waals surface area contributed by atoms with Gasteiger partial charge < -0.3 is 24.5 Å². The van der Waals surface area contributed by atoms with Crippen molar-refractivity contribution in [2.75, 3.05) is 19.5 Å². The Morgan fingerprint density at radius 2 is 2.00 bits per heavy atom. The summed E-state index contributed by atoms with van der Waals surface area (Å²) >= 11 is 0. The van der Waals surface area contributed by atoms with Crippen molar-refractivity contribution in [3.05, 3.63) is 60.5 Å². The van der Waals surface area contributed by atoms with Crippen LogP contribution in [0.15, 0.2) is 59.3 Å². The fourth-order valence-electron chi connectivity index (χ4n) is 2.43. The van der Waals surface area contributed by atoms with E-state index < -0.39 is 0 Å². The van der Waals surface area contributed by atoms with E-state index in [0.29, 0.717) is 29.5 Å². The first-order valence-corrected chi connectivity index (χ1v) is 7.96. The van der Waals surface area contributed by atoms with E-state index in [2.05, 4.69) is 15.6 Å². The number of aromatic nitrogens is 1. The fourth-order valence-corrected chi connectivity index (χ4v) is 2.43. The summed E-state index contributed by atoms with van der Waals surface area (Å²) in [6.07, 6.45) is 3.30. The van der Waals surface area contributed by atoms with Gasteiger partial charge in [-0.25, -0.2) is 4.79 Å². The third-order valence-electron chi connectivity index (χ3n) is 3.70. The number of para-hydroxylation sites is 1. The summed E-state index contributed by atoms with van der Waals surface area (Å²) in [5.41, 5.74) is 2.13. The van der Waals surface area contributed by atoms with E-state index in [9.17, 15) is 4.79 Å². The van der Waals surface area contributed by atoms with E-state index in [-0.39, 0.29) is 6.03 Å². The number of benzene rings is 1. The lowest BCUT2D eigenvalue weighted by atomic mass is 10.2. The fraction of sp³-hybridized carbons (Fsp3) is 0.158. The number of furan rings is 1. The lowest BCUT2D eigenvalue weighted by molar-refractivity contribution is 0.251. The second-order valence-corrected chi connectivity index (χ2v) is 5.38. The highest BCUT2D eigenvalue weighted by Crippen LogP contribution is 2.34. The Bertz CT molecular complexity index is 861. The van der Waals surface area contributed by atoms with Crippen molar-refractivity contribution in [3.8, 4) is 23.0 Å². The Labute approximate surface area is 151 Å². The quantitative estimate of drug-likeness (QED) is 0.706. The molecule has 26 heavy (non-hydrogen) atoms. The summed E-state index contributed by atoms with van der Waals surface area (Å²) in [5.74, 6) is 1.71. The number of urea groups is 1. The predicted octanol–water partition coefficient (Wildman–Crippen LogP) is 3.68. The second kappa shape index (κ2) is 8.06. The molecule has 0 saturated carbocycles. The molecule has 0 spiro atoms. The molecule has 2 N–H and O–H groups in total. The number of carbonyl (C=O) groups excluding carboxylic acids is 1. The number of anilines is 1.